The van der Waals surface area contributed by atoms with Crippen molar-refractivity contribution >= 4 is 29.1 Å². The molecule has 0 aliphatic carbocycles. The molecule has 0 bridgehead atoms. The normalized spacial score (nSPS) is 10.6. The van der Waals surface area contributed by atoms with Crippen molar-refractivity contribution < 1.29 is 9.90 Å². The molecule has 0 spiro atoms. The average molecular weight is 256 g/mol. The van der Waals surface area contributed by atoms with E-state index in [-0.39, 0.29) is 0 Å². The molecule has 1 N–H and O–H groups in total. The Bertz CT molecular complexity index is 508. The van der Waals surface area contributed by atoms with Gasteiger partial charge in [0.15, 0.2) is 0 Å². The van der Waals surface area contributed by atoms with Gasteiger partial charge in [-0.25, -0.2) is 9.48 Å². The standard InChI is InChI=1S/C8H8N4O2S2/c1-12-8(9-10-11-12)15-4-5-2-3-6(16-5)7(13)14/h2-3H,4H2,1H3,(H,13,14). The minimum Gasteiger partial charge on any atom is -0.477 e. The van der Waals surface area contributed by atoms with Crippen LogP contribution in [-0.4, -0.2) is 31.3 Å². The fourth-order valence-electron chi connectivity index (χ4n) is 1.05. The zero-order valence-corrected chi connectivity index (χ0v) is 9.96. The zero-order chi connectivity index (χ0) is 11.5. The van der Waals surface area contributed by atoms with E-state index < -0.39 is 5.97 Å². The quantitative estimate of drug-likeness (QED) is 0.829. The number of hydrogen-bond acceptors (Lipinski definition) is 6. The van der Waals surface area contributed by atoms with Crippen LogP contribution in [0, 0.1) is 0 Å². The molecule has 8 heteroatoms. The number of carboxylic acid groups (broad SMARTS) is 1. The number of thiophene rings is 1. The van der Waals surface area contributed by atoms with Crippen molar-refractivity contribution in [2.45, 2.75) is 10.9 Å². The summed E-state index contributed by atoms with van der Waals surface area (Å²) < 4.78 is 1.58. The highest BCUT2D eigenvalue weighted by molar-refractivity contribution is 7.98. The van der Waals surface area contributed by atoms with Crippen LogP contribution in [0.5, 0.6) is 0 Å². The molecule has 2 rings (SSSR count). The van der Waals surface area contributed by atoms with Gasteiger partial charge < -0.3 is 5.11 Å². The molecule has 6 nitrogen and oxygen atoms in total. The molecule has 0 aliphatic rings. The molecule has 0 fully saturated rings. The minimum atomic E-state index is -0.887. The van der Waals surface area contributed by atoms with Crippen LogP contribution in [0.1, 0.15) is 14.5 Å². The molecule has 2 heterocycles. The molecular weight excluding hydrogens is 248 g/mol. The van der Waals surface area contributed by atoms with Gasteiger partial charge in [-0.1, -0.05) is 11.8 Å². The van der Waals surface area contributed by atoms with Crippen molar-refractivity contribution in [1.82, 2.24) is 20.2 Å². The molecule has 2 aromatic rings. The maximum absolute atomic E-state index is 10.7. The maximum atomic E-state index is 10.7. The highest BCUT2D eigenvalue weighted by Crippen LogP contribution is 2.24. The SMILES string of the molecule is Cn1nnnc1SCc1ccc(C(=O)O)s1. The summed E-state index contributed by atoms with van der Waals surface area (Å²) in [6, 6.07) is 3.42. The predicted molar refractivity (Wildman–Crippen MR) is 59.6 cm³/mol. The van der Waals surface area contributed by atoms with Crippen LogP contribution in [0.4, 0.5) is 0 Å². The highest BCUT2D eigenvalue weighted by Gasteiger charge is 2.08. The summed E-state index contributed by atoms with van der Waals surface area (Å²) in [4.78, 5) is 12.0. The first-order valence-electron chi connectivity index (χ1n) is 4.34. The number of thioether (sulfide) groups is 1. The number of rotatable bonds is 4. The Morgan fingerprint density at radius 3 is 3.00 bits per heavy atom. The first kappa shape index (κ1) is 11.1. The van der Waals surface area contributed by atoms with E-state index in [0.717, 1.165) is 4.88 Å². The van der Waals surface area contributed by atoms with Gasteiger partial charge in [0, 0.05) is 17.7 Å². The number of hydrogen-bond donors (Lipinski definition) is 1. The first-order chi connectivity index (χ1) is 7.66. The van der Waals surface area contributed by atoms with Crippen LogP contribution in [0.15, 0.2) is 17.3 Å². The lowest BCUT2D eigenvalue weighted by molar-refractivity contribution is 0.0702. The Kier molecular flexibility index (Phi) is 3.20. The molecule has 0 amide bonds. The van der Waals surface area contributed by atoms with Gasteiger partial charge in [-0.15, -0.1) is 16.4 Å². The third-order valence-corrected chi connectivity index (χ3v) is 4.11. The van der Waals surface area contributed by atoms with E-state index in [4.69, 9.17) is 5.11 Å². The van der Waals surface area contributed by atoms with Crippen molar-refractivity contribution in [3.63, 3.8) is 0 Å². The second-order valence-corrected chi connectivity index (χ2v) is 5.06. The highest BCUT2D eigenvalue weighted by atomic mass is 32.2. The van der Waals surface area contributed by atoms with Crippen molar-refractivity contribution in [3.8, 4) is 0 Å². The molecule has 0 saturated heterocycles. The van der Waals surface area contributed by atoms with Crippen LogP contribution < -0.4 is 0 Å². The van der Waals surface area contributed by atoms with E-state index in [9.17, 15) is 4.79 Å². The van der Waals surface area contributed by atoms with Gasteiger partial charge in [-0.3, -0.25) is 0 Å². The van der Waals surface area contributed by atoms with E-state index in [2.05, 4.69) is 15.5 Å². The van der Waals surface area contributed by atoms with Crippen LogP contribution in [-0.2, 0) is 12.8 Å². The van der Waals surface area contributed by atoms with E-state index >= 15 is 0 Å². The largest absolute Gasteiger partial charge is 0.477 e. The summed E-state index contributed by atoms with van der Waals surface area (Å²) in [5, 5.41) is 20.5. The Labute approximate surface area is 99.3 Å². The van der Waals surface area contributed by atoms with Crippen LogP contribution >= 0.6 is 23.1 Å². The fourth-order valence-corrected chi connectivity index (χ4v) is 2.79. The summed E-state index contributed by atoms with van der Waals surface area (Å²) in [5.41, 5.74) is 0. The fraction of sp³-hybridized carbons (Fsp3) is 0.250. The van der Waals surface area contributed by atoms with E-state index in [0.29, 0.717) is 15.8 Å². The van der Waals surface area contributed by atoms with E-state index in [1.807, 2.05) is 6.07 Å². The molecule has 0 aromatic carbocycles. The van der Waals surface area contributed by atoms with Crippen molar-refractivity contribution in [2.75, 3.05) is 0 Å². The second kappa shape index (κ2) is 4.62. The Morgan fingerprint density at radius 1 is 1.62 bits per heavy atom. The molecule has 0 radical (unpaired) electrons. The number of aromatic nitrogens is 4. The van der Waals surface area contributed by atoms with Crippen LogP contribution in [0.3, 0.4) is 0 Å². The van der Waals surface area contributed by atoms with Gasteiger partial charge in [-0.2, -0.15) is 0 Å². The molecule has 0 unspecified atom stereocenters. The molecule has 0 aliphatic heterocycles. The summed E-state index contributed by atoms with van der Waals surface area (Å²) in [6.45, 7) is 0. The lowest BCUT2D eigenvalue weighted by Crippen LogP contribution is -1.92. The predicted octanol–water partition coefficient (Wildman–Crippen LogP) is 1.26. The number of tetrazole rings is 1. The Balaban J connectivity index is 2.00. The summed E-state index contributed by atoms with van der Waals surface area (Å²) >= 11 is 2.75. The summed E-state index contributed by atoms with van der Waals surface area (Å²) in [7, 11) is 1.76. The monoisotopic (exact) mass is 256 g/mol. The minimum absolute atomic E-state index is 0.353. The smallest absolute Gasteiger partial charge is 0.345 e. The van der Waals surface area contributed by atoms with Gasteiger partial charge in [0.1, 0.15) is 4.88 Å². The zero-order valence-electron chi connectivity index (χ0n) is 8.32. The third kappa shape index (κ3) is 2.39. The van der Waals surface area contributed by atoms with Crippen molar-refractivity contribution in [1.29, 1.82) is 0 Å². The number of carbonyl (C=O) groups is 1. The molecule has 84 valence electrons. The maximum Gasteiger partial charge on any atom is 0.345 e. The number of aromatic carboxylic acids is 1. The molecule has 0 atom stereocenters. The number of carboxylic acids is 1. The van der Waals surface area contributed by atoms with Gasteiger partial charge in [0.05, 0.1) is 0 Å². The summed E-state index contributed by atoms with van der Waals surface area (Å²) in [6.07, 6.45) is 0. The summed E-state index contributed by atoms with van der Waals surface area (Å²) in [5.74, 6) is -0.215. The molecular formula is C8H8N4O2S2. The van der Waals surface area contributed by atoms with Gasteiger partial charge in [0.25, 0.3) is 0 Å². The van der Waals surface area contributed by atoms with Gasteiger partial charge in [-0.05, 0) is 22.6 Å². The molecule has 0 saturated carbocycles. The van der Waals surface area contributed by atoms with E-state index in [1.165, 1.54) is 23.1 Å². The number of nitrogens with zero attached hydrogens (tertiary/aromatic N) is 4. The molecule has 2 aromatic heterocycles. The van der Waals surface area contributed by atoms with Gasteiger partial charge in [0.2, 0.25) is 5.16 Å². The van der Waals surface area contributed by atoms with Crippen LogP contribution in [0.2, 0.25) is 0 Å². The topological polar surface area (TPSA) is 80.9 Å². The second-order valence-electron chi connectivity index (χ2n) is 2.94. The van der Waals surface area contributed by atoms with Crippen molar-refractivity contribution in [3.05, 3.63) is 21.9 Å². The number of aryl methyl sites for hydroxylation is 1. The van der Waals surface area contributed by atoms with Crippen molar-refractivity contribution in [2.24, 2.45) is 7.05 Å². The van der Waals surface area contributed by atoms with Crippen LogP contribution in [0.25, 0.3) is 0 Å². The first-order valence-corrected chi connectivity index (χ1v) is 6.14. The Morgan fingerprint density at radius 2 is 2.44 bits per heavy atom. The molecule has 16 heavy (non-hydrogen) atoms. The lowest BCUT2D eigenvalue weighted by Gasteiger charge is -1.95. The van der Waals surface area contributed by atoms with E-state index in [1.54, 1.807) is 17.8 Å². The third-order valence-electron chi connectivity index (χ3n) is 1.80. The lowest BCUT2D eigenvalue weighted by atomic mass is 10.4. The average Bonchev–Trinajstić information content (AvgIpc) is 2.83. The van der Waals surface area contributed by atoms with Gasteiger partial charge >= 0.3 is 5.97 Å². The Hall–Kier alpha value is -1.41.